The predicted molar refractivity (Wildman–Crippen MR) is 55.4 cm³/mol. The maximum atomic E-state index is 5.63. The summed E-state index contributed by atoms with van der Waals surface area (Å²) in [4.78, 5) is 0. The molecule has 0 bridgehead atoms. The molecule has 0 fully saturated rings. The molecule has 0 radical (unpaired) electrons. The molecule has 0 aromatic heterocycles. The van der Waals surface area contributed by atoms with Gasteiger partial charge in [-0.15, -0.1) is 0 Å². The molecule has 2 heteroatoms. The molecule has 0 amide bonds. The summed E-state index contributed by atoms with van der Waals surface area (Å²) in [6.45, 7) is 2.96. The van der Waals surface area contributed by atoms with Gasteiger partial charge in [0.2, 0.25) is 6.29 Å². The van der Waals surface area contributed by atoms with E-state index in [0.29, 0.717) is 0 Å². The van der Waals surface area contributed by atoms with Gasteiger partial charge in [0.15, 0.2) is 0 Å². The fraction of sp³-hybridized carbons (Fsp3) is 0.500. The minimum atomic E-state index is -0.0565. The molecule has 1 aromatic carbocycles. The van der Waals surface area contributed by atoms with Crippen molar-refractivity contribution in [1.82, 2.24) is 0 Å². The summed E-state index contributed by atoms with van der Waals surface area (Å²) in [5, 5.41) is 0. The Kier molecular flexibility index (Phi) is 3.04. The van der Waals surface area contributed by atoms with Crippen molar-refractivity contribution >= 4 is 0 Å². The monoisotopic (exact) mass is 192 g/mol. The molecule has 1 unspecified atom stereocenters. The predicted octanol–water partition coefficient (Wildman–Crippen LogP) is 2.76. The summed E-state index contributed by atoms with van der Waals surface area (Å²) < 4.78 is 11.2. The molecule has 1 heterocycles. The molecule has 0 saturated heterocycles. The Morgan fingerprint density at radius 2 is 2.29 bits per heavy atom. The van der Waals surface area contributed by atoms with E-state index in [1.54, 1.807) is 0 Å². The highest BCUT2D eigenvalue weighted by Crippen LogP contribution is 2.28. The van der Waals surface area contributed by atoms with Crippen LogP contribution in [0.5, 0.6) is 5.75 Å². The van der Waals surface area contributed by atoms with Gasteiger partial charge in [0.1, 0.15) is 5.75 Å². The van der Waals surface area contributed by atoms with E-state index in [-0.39, 0.29) is 6.29 Å². The standard InChI is InChI=1S/C12H16O2/c1-2-3-8-13-12-9-10-6-4-5-7-11(10)14-12/h4-7,12H,2-3,8-9H2,1H3. The van der Waals surface area contributed by atoms with Gasteiger partial charge in [0.05, 0.1) is 6.61 Å². The van der Waals surface area contributed by atoms with E-state index >= 15 is 0 Å². The molecule has 76 valence electrons. The highest BCUT2D eigenvalue weighted by atomic mass is 16.7. The van der Waals surface area contributed by atoms with E-state index in [2.05, 4.69) is 13.0 Å². The van der Waals surface area contributed by atoms with Crippen LogP contribution in [-0.2, 0) is 11.2 Å². The maximum Gasteiger partial charge on any atom is 0.204 e. The van der Waals surface area contributed by atoms with Crippen LogP contribution in [0.2, 0.25) is 0 Å². The molecule has 0 aliphatic carbocycles. The van der Waals surface area contributed by atoms with Gasteiger partial charge in [-0.1, -0.05) is 31.5 Å². The first-order valence-electron chi connectivity index (χ1n) is 5.26. The summed E-state index contributed by atoms with van der Waals surface area (Å²) in [6.07, 6.45) is 3.11. The summed E-state index contributed by atoms with van der Waals surface area (Å²) in [5.74, 6) is 0.981. The number of para-hydroxylation sites is 1. The van der Waals surface area contributed by atoms with Crippen molar-refractivity contribution in [2.24, 2.45) is 0 Å². The van der Waals surface area contributed by atoms with E-state index in [1.165, 1.54) is 12.0 Å². The zero-order chi connectivity index (χ0) is 9.80. The lowest BCUT2D eigenvalue weighted by Gasteiger charge is -2.10. The molecule has 2 nitrogen and oxygen atoms in total. The minimum Gasteiger partial charge on any atom is -0.464 e. The van der Waals surface area contributed by atoms with Crippen molar-refractivity contribution < 1.29 is 9.47 Å². The van der Waals surface area contributed by atoms with Crippen LogP contribution in [-0.4, -0.2) is 12.9 Å². The van der Waals surface area contributed by atoms with Gasteiger partial charge in [-0.2, -0.15) is 0 Å². The number of fused-ring (bicyclic) bond motifs is 1. The first kappa shape index (κ1) is 9.53. The topological polar surface area (TPSA) is 18.5 Å². The lowest BCUT2D eigenvalue weighted by Crippen LogP contribution is -2.18. The Labute approximate surface area is 84.8 Å². The lowest BCUT2D eigenvalue weighted by atomic mass is 10.2. The SMILES string of the molecule is CCCCOC1Cc2ccccc2O1. The van der Waals surface area contributed by atoms with Crippen molar-refractivity contribution in [1.29, 1.82) is 0 Å². The highest BCUT2D eigenvalue weighted by molar-refractivity contribution is 5.36. The molecule has 1 aliphatic rings. The molecule has 0 spiro atoms. The Bertz CT molecular complexity index is 271. The number of ether oxygens (including phenoxy) is 2. The van der Waals surface area contributed by atoms with Crippen LogP contribution in [0.15, 0.2) is 24.3 Å². The molecule has 2 rings (SSSR count). The second-order valence-electron chi connectivity index (χ2n) is 3.58. The van der Waals surface area contributed by atoms with Crippen LogP contribution in [0.1, 0.15) is 25.3 Å². The number of hydrogen-bond acceptors (Lipinski definition) is 2. The molecule has 1 atom stereocenters. The molecular formula is C12H16O2. The van der Waals surface area contributed by atoms with Crippen LogP contribution < -0.4 is 4.74 Å². The van der Waals surface area contributed by atoms with Gasteiger partial charge in [0, 0.05) is 12.0 Å². The van der Waals surface area contributed by atoms with Crippen molar-refractivity contribution in [2.45, 2.75) is 32.5 Å². The van der Waals surface area contributed by atoms with Gasteiger partial charge < -0.3 is 9.47 Å². The summed E-state index contributed by atoms with van der Waals surface area (Å²) in [7, 11) is 0. The third-order valence-electron chi connectivity index (χ3n) is 2.42. The Morgan fingerprint density at radius 1 is 1.43 bits per heavy atom. The Hall–Kier alpha value is -1.02. The van der Waals surface area contributed by atoms with Crippen molar-refractivity contribution in [3.05, 3.63) is 29.8 Å². The molecule has 0 saturated carbocycles. The highest BCUT2D eigenvalue weighted by Gasteiger charge is 2.22. The van der Waals surface area contributed by atoms with E-state index in [4.69, 9.17) is 9.47 Å². The summed E-state index contributed by atoms with van der Waals surface area (Å²) in [6, 6.07) is 8.13. The lowest BCUT2D eigenvalue weighted by molar-refractivity contribution is -0.0664. The Balaban J connectivity index is 1.86. The Morgan fingerprint density at radius 3 is 3.07 bits per heavy atom. The number of rotatable bonds is 4. The second kappa shape index (κ2) is 4.47. The van der Waals surface area contributed by atoms with Crippen LogP contribution in [0.3, 0.4) is 0 Å². The molecule has 14 heavy (non-hydrogen) atoms. The largest absolute Gasteiger partial charge is 0.464 e. The van der Waals surface area contributed by atoms with Crippen LogP contribution in [0, 0.1) is 0 Å². The number of hydrogen-bond donors (Lipinski definition) is 0. The van der Waals surface area contributed by atoms with Crippen LogP contribution in [0.25, 0.3) is 0 Å². The van der Waals surface area contributed by atoms with Crippen molar-refractivity contribution in [3.8, 4) is 5.75 Å². The third kappa shape index (κ3) is 2.07. The fourth-order valence-corrected chi connectivity index (χ4v) is 1.60. The van der Waals surface area contributed by atoms with Crippen molar-refractivity contribution in [3.63, 3.8) is 0 Å². The van der Waals surface area contributed by atoms with Gasteiger partial charge in [0.25, 0.3) is 0 Å². The zero-order valence-electron chi connectivity index (χ0n) is 8.53. The van der Waals surface area contributed by atoms with Crippen LogP contribution in [0.4, 0.5) is 0 Å². The van der Waals surface area contributed by atoms with Crippen molar-refractivity contribution in [2.75, 3.05) is 6.61 Å². The van der Waals surface area contributed by atoms with Gasteiger partial charge in [-0.25, -0.2) is 0 Å². The van der Waals surface area contributed by atoms with E-state index in [0.717, 1.165) is 25.2 Å². The van der Waals surface area contributed by atoms with Gasteiger partial charge in [-0.3, -0.25) is 0 Å². The number of benzene rings is 1. The van der Waals surface area contributed by atoms with E-state index < -0.39 is 0 Å². The average molecular weight is 192 g/mol. The quantitative estimate of drug-likeness (QED) is 0.683. The van der Waals surface area contributed by atoms with E-state index in [1.807, 2.05) is 18.2 Å². The van der Waals surface area contributed by atoms with Gasteiger partial charge >= 0.3 is 0 Å². The molecule has 0 N–H and O–H groups in total. The average Bonchev–Trinajstić information content (AvgIpc) is 2.60. The van der Waals surface area contributed by atoms with E-state index in [9.17, 15) is 0 Å². The molecule has 1 aliphatic heterocycles. The first-order chi connectivity index (χ1) is 6.90. The van der Waals surface area contributed by atoms with Crippen LogP contribution >= 0.6 is 0 Å². The number of unbranched alkanes of at least 4 members (excludes halogenated alkanes) is 1. The molecule has 1 aromatic rings. The normalized spacial score (nSPS) is 19.1. The maximum absolute atomic E-state index is 5.63. The minimum absolute atomic E-state index is 0.0565. The smallest absolute Gasteiger partial charge is 0.204 e. The zero-order valence-corrected chi connectivity index (χ0v) is 8.53. The molecular weight excluding hydrogens is 176 g/mol. The summed E-state index contributed by atoms with van der Waals surface area (Å²) >= 11 is 0. The fourth-order valence-electron chi connectivity index (χ4n) is 1.60. The first-order valence-corrected chi connectivity index (χ1v) is 5.26. The summed E-state index contributed by atoms with van der Waals surface area (Å²) in [5.41, 5.74) is 1.26. The third-order valence-corrected chi connectivity index (χ3v) is 2.42. The van der Waals surface area contributed by atoms with Gasteiger partial charge in [-0.05, 0) is 12.5 Å². The second-order valence-corrected chi connectivity index (χ2v) is 3.58.